The number of rotatable bonds is 7. The first kappa shape index (κ1) is 20.9. The molecule has 0 bridgehead atoms. The monoisotopic (exact) mass is 400 g/mol. The SMILES string of the molecule is COc1cc(NCCCNC(=O)c2cc(C)cc(C(F)(F)F)c2)ccc1Cl. The van der Waals surface area contributed by atoms with Gasteiger partial charge in [-0.1, -0.05) is 11.6 Å². The van der Waals surface area contributed by atoms with E-state index in [0.29, 0.717) is 35.8 Å². The lowest BCUT2D eigenvalue weighted by atomic mass is 10.1. The summed E-state index contributed by atoms with van der Waals surface area (Å²) in [5.41, 5.74) is 0.369. The number of alkyl halides is 3. The molecular formula is C19H20ClF3N2O2. The van der Waals surface area contributed by atoms with Crippen molar-refractivity contribution in [3.05, 3.63) is 58.1 Å². The fourth-order valence-corrected chi connectivity index (χ4v) is 2.67. The number of nitrogens with one attached hydrogen (secondary N) is 2. The van der Waals surface area contributed by atoms with Crippen molar-refractivity contribution in [2.75, 3.05) is 25.5 Å². The lowest BCUT2D eigenvalue weighted by Gasteiger charge is -2.12. The summed E-state index contributed by atoms with van der Waals surface area (Å²) in [6, 6.07) is 8.58. The molecule has 0 aliphatic rings. The van der Waals surface area contributed by atoms with Crippen molar-refractivity contribution >= 4 is 23.2 Å². The molecule has 0 saturated heterocycles. The largest absolute Gasteiger partial charge is 0.495 e. The predicted octanol–water partition coefficient (Wildman–Crippen LogP) is 4.91. The average Bonchev–Trinajstić information content (AvgIpc) is 2.61. The summed E-state index contributed by atoms with van der Waals surface area (Å²) < 4.78 is 43.7. The second-order valence-corrected chi connectivity index (χ2v) is 6.38. The van der Waals surface area contributed by atoms with E-state index < -0.39 is 17.6 Å². The third-order valence-corrected chi connectivity index (χ3v) is 4.10. The molecule has 0 spiro atoms. The minimum atomic E-state index is -4.48. The van der Waals surface area contributed by atoms with Gasteiger partial charge in [0.1, 0.15) is 5.75 Å². The molecule has 0 atom stereocenters. The van der Waals surface area contributed by atoms with Crippen LogP contribution in [-0.2, 0) is 6.18 Å². The maximum Gasteiger partial charge on any atom is 0.416 e. The Morgan fingerprint density at radius 3 is 2.56 bits per heavy atom. The van der Waals surface area contributed by atoms with E-state index in [0.717, 1.165) is 17.8 Å². The van der Waals surface area contributed by atoms with Crippen LogP contribution in [0.1, 0.15) is 27.9 Å². The van der Waals surface area contributed by atoms with Crippen molar-refractivity contribution in [3.8, 4) is 5.75 Å². The number of ether oxygens (including phenoxy) is 1. The number of anilines is 1. The van der Waals surface area contributed by atoms with Gasteiger partial charge < -0.3 is 15.4 Å². The number of hydrogen-bond acceptors (Lipinski definition) is 3. The lowest BCUT2D eigenvalue weighted by molar-refractivity contribution is -0.137. The van der Waals surface area contributed by atoms with E-state index in [-0.39, 0.29) is 5.56 Å². The Labute approximate surface area is 160 Å². The van der Waals surface area contributed by atoms with Crippen LogP contribution in [0, 0.1) is 6.92 Å². The number of aryl methyl sites for hydroxylation is 1. The summed E-state index contributed by atoms with van der Waals surface area (Å²) in [6.07, 6.45) is -3.89. The summed E-state index contributed by atoms with van der Waals surface area (Å²) in [5, 5.41) is 6.30. The highest BCUT2D eigenvalue weighted by atomic mass is 35.5. The van der Waals surface area contributed by atoms with Gasteiger partial charge in [-0.25, -0.2) is 0 Å². The number of halogens is 4. The van der Waals surface area contributed by atoms with E-state index in [1.165, 1.54) is 20.1 Å². The Hall–Kier alpha value is -2.41. The molecule has 2 N–H and O–H groups in total. The van der Waals surface area contributed by atoms with E-state index in [4.69, 9.17) is 16.3 Å². The maximum absolute atomic E-state index is 12.8. The van der Waals surface area contributed by atoms with Crippen LogP contribution < -0.4 is 15.4 Å². The Morgan fingerprint density at radius 2 is 1.89 bits per heavy atom. The zero-order valence-electron chi connectivity index (χ0n) is 14.9. The van der Waals surface area contributed by atoms with Crippen LogP contribution in [0.4, 0.5) is 18.9 Å². The third kappa shape index (κ3) is 6.06. The Morgan fingerprint density at radius 1 is 1.15 bits per heavy atom. The van der Waals surface area contributed by atoms with Crippen LogP contribution in [0.2, 0.25) is 5.02 Å². The number of carbonyl (C=O) groups is 1. The summed E-state index contributed by atoms with van der Waals surface area (Å²) >= 11 is 5.95. The molecule has 146 valence electrons. The van der Waals surface area contributed by atoms with Gasteiger partial charge in [0.25, 0.3) is 5.91 Å². The van der Waals surface area contributed by atoms with E-state index in [2.05, 4.69) is 10.6 Å². The van der Waals surface area contributed by atoms with Crippen LogP contribution in [0.3, 0.4) is 0 Å². The minimum absolute atomic E-state index is 0.00211. The van der Waals surface area contributed by atoms with Gasteiger partial charge in [0.15, 0.2) is 0 Å². The summed E-state index contributed by atoms with van der Waals surface area (Å²) in [4.78, 5) is 12.1. The molecule has 0 heterocycles. The van der Waals surface area contributed by atoms with Gasteiger partial charge in [-0.15, -0.1) is 0 Å². The standard InChI is InChI=1S/C19H20ClF3N2O2/c1-12-8-13(10-14(9-12)19(21,22)23)18(26)25-7-3-6-24-15-4-5-16(20)17(11-15)27-2/h4-5,8-11,24H,3,6-7H2,1-2H3,(H,25,26). The summed E-state index contributed by atoms with van der Waals surface area (Å²) in [6.45, 7) is 2.41. The molecule has 27 heavy (non-hydrogen) atoms. The molecule has 8 heteroatoms. The van der Waals surface area contributed by atoms with Gasteiger partial charge in [0, 0.05) is 30.4 Å². The highest BCUT2D eigenvalue weighted by Gasteiger charge is 2.31. The molecule has 1 amide bonds. The topological polar surface area (TPSA) is 50.4 Å². The quantitative estimate of drug-likeness (QED) is 0.649. The van der Waals surface area contributed by atoms with Crippen molar-refractivity contribution in [3.63, 3.8) is 0 Å². The Balaban J connectivity index is 1.84. The molecule has 2 aromatic carbocycles. The molecule has 0 aromatic heterocycles. The fraction of sp³-hybridized carbons (Fsp3) is 0.316. The maximum atomic E-state index is 12.8. The van der Waals surface area contributed by atoms with Crippen molar-refractivity contribution in [1.29, 1.82) is 0 Å². The van der Waals surface area contributed by atoms with E-state index in [1.807, 2.05) is 0 Å². The first-order valence-corrected chi connectivity index (χ1v) is 8.63. The fourth-order valence-electron chi connectivity index (χ4n) is 2.47. The molecule has 4 nitrogen and oxygen atoms in total. The first-order valence-electron chi connectivity index (χ1n) is 8.25. The Kier molecular flexibility index (Phi) is 6.96. The average molecular weight is 401 g/mol. The van der Waals surface area contributed by atoms with Gasteiger partial charge in [0.05, 0.1) is 17.7 Å². The predicted molar refractivity (Wildman–Crippen MR) is 99.6 cm³/mol. The minimum Gasteiger partial charge on any atom is -0.495 e. The summed E-state index contributed by atoms with van der Waals surface area (Å²) in [5.74, 6) is 0.0206. The van der Waals surface area contributed by atoms with Crippen LogP contribution >= 0.6 is 11.6 Å². The van der Waals surface area contributed by atoms with Gasteiger partial charge in [-0.3, -0.25) is 4.79 Å². The molecule has 0 aliphatic heterocycles. The molecule has 0 fully saturated rings. The number of methoxy groups -OCH3 is 1. The number of benzene rings is 2. The van der Waals surface area contributed by atoms with Gasteiger partial charge >= 0.3 is 6.18 Å². The van der Waals surface area contributed by atoms with Crippen molar-refractivity contribution in [1.82, 2.24) is 5.32 Å². The first-order chi connectivity index (χ1) is 12.7. The van der Waals surface area contributed by atoms with Crippen molar-refractivity contribution < 1.29 is 22.7 Å². The number of hydrogen-bond donors (Lipinski definition) is 2. The third-order valence-electron chi connectivity index (χ3n) is 3.79. The van der Waals surface area contributed by atoms with Crippen LogP contribution in [0.15, 0.2) is 36.4 Å². The normalized spacial score (nSPS) is 11.2. The smallest absolute Gasteiger partial charge is 0.416 e. The van der Waals surface area contributed by atoms with Crippen molar-refractivity contribution in [2.24, 2.45) is 0 Å². The van der Waals surface area contributed by atoms with E-state index in [9.17, 15) is 18.0 Å². The summed E-state index contributed by atoms with van der Waals surface area (Å²) in [7, 11) is 1.52. The van der Waals surface area contributed by atoms with Crippen molar-refractivity contribution in [2.45, 2.75) is 19.5 Å². The zero-order valence-corrected chi connectivity index (χ0v) is 15.7. The molecule has 0 saturated carbocycles. The highest BCUT2D eigenvalue weighted by Crippen LogP contribution is 2.30. The molecule has 0 unspecified atom stereocenters. The highest BCUT2D eigenvalue weighted by molar-refractivity contribution is 6.32. The molecule has 0 radical (unpaired) electrons. The lowest BCUT2D eigenvalue weighted by Crippen LogP contribution is -2.26. The second kappa shape index (κ2) is 8.99. The molecule has 0 aliphatic carbocycles. The molecule has 2 rings (SSSR count). The van der Waals surface area contributed by atoms with Crippen LogP contribution in [0.5, 0.6) is 5.75 Å². The molecule has 2 aromatic rings. The van der Waals surface area contributed by atoms with E-state index >= 15 is 0 Å². The van der Waals surface area contributed by atoms with Gasteiger partial charge in [-0.2, -0.15) is 13.2 Å². The number of amides is 1. The Bertz CT molecular complexity index is 810. The number of carbonyl (C=O) groups excluding carboxylic acids is 1. The second-order valence-electron chi connectivity index (χ2n) is 5.97. The van der Waals surface area contributed by atoms with Gasteiger partial charge in [-0.05, 0) is 49.2 Å². The zero-order chi connectivity index (χ0) is 20.0. The molecular weight excluding hydrogens is 381 g/mol. The van der Waals surface area contributed by atoms with E-state index in [1.54, 1.807) is 18.2 Å². The van der Waals surface area contributed by atoms with Gasteiger partial charge in [0.2, 0.25) is 0 Å². The van der Waals surface area contributed by atoms with Crippen LogP contribution in [-0.4, -0.2) is 26.1 Å². The van der Waals surface area contributed by atoms with Crippen LogP contribution in [0.25, 0.3) is 0 Å².